The first-order valence-corrected chi connectivity index (χ1v) is 8.34. The Bertz CT molecular complexity index is 1180. The molecule has 0 bridgehead atoms. The second-order valence-electron chi connectivity index (χ2n) is 5.98. The third-order valence-electron chi connectivity index (χ3n) is 4.20. The second kappa shape index (κ2) is 6.83. The van der Waals surface area contributed by atoms with E-state index in [1.54, 1.807) is 47.7 Å². The van der Waals surface area contributed by atoms with Crippen LogP contribution in [0.25, 0.3) is 11.5 Å². The van der Waals surface area contributed by atoms with E-state index >= 15 is 0 Å². The number of amides is 1. The fourth-order valence-electron chi connectivity index (χ4n) is 2.84. The van der Waals surface area contributed by atoms with Crippen LogP contribution in [0.5, 0.6) is 0 Å². The fraction of sp³-hybridized carbons (Fsp3) is 0.105. The number of nitrogens with zero attached hydrogens (tertiary/aromatic N) is 5. The number of pyridine rings is 2. The SMILES string of the molecule is Cc1cccn2c(=O)c(C(=O)NCc3cccnc3-n3cccn3)cnc12. The number of hydrogen-bond donors (Lipinski definition) is 1. The van der Waals surface area contributed by atoms with E-state index in [0.29, 0.717) is 11.5 Å². The van der Waals surface area contributed by atoms with Crippen molar-refractivity contribution in [3.8, 4) is 5.82 Å². The van der Waals surface area contributed by atoms with Crippen LogP contribution in [0.15, 0.2) is 66.1 Å². The Hall–Kier alpha value is -3.81. The van der Waals surface area contributed by atoms with Crippen LogP contribution in [0.2, 0.25) is 0 Å². The van der Waals surface area contributed by atoms with Crippen molar-refractivity contribution in [2.45, 2.75) is 13.5 Å². The predicted molar refractivity (Wildman–Crippen MR) is 98.7 cm³/mol. The van der Waals surface area contributed by atoms with Crippen molar-refractivity contribution in [2.75, 3.05) is 0 Å². The van der Waals surface area contributed by atoms with Crippen molar-refractivity contribution in [1.29, 1.82) is 0 Å². The van der Waals surface area contributed by atoms with Crippen LogP contribution in [0.1, 0.15) is 21.5 Å². The smallest absolute Gasteiger partial charge is 0.270 e. The lowest BCUT2D eigenvalue weighted by molar-refractivity contribution is 0.0949. The van der Waals surface area contributed by atoms with Crippen molar-refractivity contribution in [3.63, 3.8) is 0 Å². The summed E-state index contributed by atoms with van der Waals surface area (Å²) in [5.74, 6) is 0.130. The molecule has 8 nitrogen and oxygen atoms in total. The summed E-state index contributed by atoms with van der Waals surface area (Å²) < 4.78 is 3.00. The zero-order valence-corrected chi connectivity index (χ0v) is 14.5. The molecule has 4 aromatic rings. The van der Waals surface area contributed by atoms with Gasteiger partial charge in [0.2, 0.25) is 0 Å². The maximum absolute atomic E-state index is 12.6. The van der Waals surface area contributed by atoms with Crippen molar-refractivity contribution >= 4 is 11.6 Å². The number of rotatable bonds is 4. The molecule has 8 heteroatoms. The van der Waals surface area contributed by atoms with Crippen LogP contribution < -0.4 is 10.9 Å². The van der Waals surface area contributed by atoms with Gasteiger partial charge in [-0.1, -0.05) is 12.1 Å². The summed E-state index contributed by atoms with van der Waals surface area (Å²) in [6, 6.07) is 9.03. The zero-order valence-electron chi connectivity index (χ0n) is 14.5. The molecule has 0 radical (unpaired) electrons. The lowest BCUT2D eigenvalue weighted by atomic mass is 10.2. The van der Waals surface area contributed by atoms with Gasteiger partial charge in [0.1, 0.15) is 11.2 Å². The van der Waals surface area contributed by atoms with Gasteiger partial charge in [-0.2, -0.15) is 5.10 Å². The Morgan fingerprint density at radius 3 is 2.81 bits per heavy atom. The molecule has 1 amide bonds. The highest BCUT2D eigenvalue weighted by Gasteiger charge is 2.15. The predicted octanol–water partition coefficient (Wildman–Crippen LogP) is 1.51. The molecule has 0 atom stereocenters. The summed E-state index contributed by atoms with van der Waals surface area (Å²) in [6.07, 6.45) is 8.00. The third kappa shape index (κ3) is 3.08. The quantitative estimate of drug-likeness (QED) is 0.595. The third-order valence-corrected chi connectivity index (χ3v) is 4.20. The molecule has 4 rings (SSSR count). The average molecular weight is 360 g/mol. The Balaban J connectivity index is 1.61. The number of nitrogens with one attached hydrogen (secondary N) is 1. The van der Waals surface area contributed by atoms with E-state index in [9.17, 15) is 9.59 Å². The molecule has 4 heterocycles. The maximum Gasteiger partial charge on any atom is 0.270 e. The van der Waals surface area contributed by atoms with Crippen LogP contribution >= 0.6 is 0 Å². The summed E-state index contributed by atoms with van der Waals surface area (Å²) >= 11 is 0. The lowest BCUT2D eigenvalue weighted by Crippen LogP contribution is -2.31. The Kier molecular flexibility index (Phi) is 4.21. The van der Waals surface area contributed by atoms with E-state index < -0.39 is 11.5 Å². The molecular formula is C19H16N6O2. The molecule has 134 valence electrons. The monoisotopic (exact) mass is 360 g/mol. The van der Waals surface area contributed by atoms with Crippen molar-refractivity contribution in [2.24, 2.45) is 0 Å². The molecule has 4 aromatic heterocycles. The van der Waals surface area contributed by atoms with Crippen molar-refractivity contribution in [3.05, 3.63) is 88.4 Å². The summed E-state index contributed by atoms with van der Waals surface area (Å²) in [6.45, 7) is 2.07. The highest BCUT2D eigenvalue weighted by Crippen LogP contribution is 2.10. The molecule has 1 N–H and O–H groups in total. The molecule has 0 saturated heterocycles. The topological polar surface area (TPSA) is 94.2 Å². The lowest BCUT2D eigenvalue weighted by Gasteiger charge is -2.10. The molecule has 0 unspecified atom stereocenters. The number of hydrogen-bond acceptors (Lipinski definition) is 5. The van der Waals surface area contributed by atoms with E-state index in [0.717, 1.165) is 11.1 Å². The highest BCUT2D eigenvalue weighted by atomic mass is 16.2. The van der Waals surface area contributed by atoms with Gasteiger partial charge in [0, 0.05) is 43.1 Å². The van der Waals surface area contributed by atoms with E-state index in [1.165, 1.54) is 10.6 Å². The van der Waals surface area contributed by atoms with E-state index in [-0.39, 0.29) is 12.1 Å². The maximum atomic E-state index is 12.6. The molecule has 0 fully saturated rings. The van der Waals surface area contributed by atoms with E-state index in [4.69, 9.17) is 0 Å². The molecular weight excluding hydrogens is 344 g/mol. The summed E-state index contributed by atoms with van der Waals surface area (Å²) in [4.78, 5) is 33.7. The largest absolute Gasteiger partial charge is 0.348 e. The Morgan fingerprint density at radius 1 is 1.11 bits per heavy atom. The summed E-state index contributed by atoms with van der Waals surface area (Å²) in [5, 5.41) is 6.93. The van der Waals surface area contributed by atoms with Crippen molar-refractivity contribution < 1.29 is 4.79 Å². The van der Waals surface area contributed by atoms with Gasteiger partial charge in [-0.05, 0) is 30.7 Å². The van der Waals surface area contributed by atoms with Gasteiger partial charge >= 0.3 is 0 Å². The molecule has 0 aromatic carbocycles. The number of aromatic nitrogens is 5. The molecule has 0 aliphatic rings. The number of carbonyl (C=O) groups is 1. The normalized spacial score (nSPS) is 10.9. The van der Waals surface area contributed by atoms with Gasteiger partial charge in [-0.3, -0.25) is 14.0 Å². The van der Waals surface area contributed by atoms with Gasteiger partial charge in [-0.15, -0.1) is 0 Å². The first kappa shape index (κ1) is 16.6. The minimum Gasteiger partial charge on any atom is -0.348 e. The highest BCUT2D eigenvalue weighted by molar-refractivity contribution is 5.93. The molecule has 0 spiro atoms. The minimum atomic E-state index is -0.487. The van der Waals surface area contributed by atoms with Gasteiger partial charge in [0.05, 0.1) is 0 Å². The molecule has 27 heavy (non-hydrogen) atoms. The first-order valence-electron chi connectivity index (χ1n) is 8.34. The van der Waals surface area contributed by atoms with Gasteiger partial charge in [0.25, 0.3) is 11.5 Å². The number of carbonyl (C=O) groups excluding carboxylic acids is 1. The molecule has 0 aliphatic heterocycles. The minimum absolute atomic E-state index is 0.0115. The first-order chi connectivity index (χ1) is 13.1. The summed E-state index contributed by atoms with van der Waals surface area (Å²) in [7, 11) is 0. The van der Waals surface area contributed by atoms with Gasteiger partial charge in [0.15, 0.2) is 5.82 Å². The zero-order chi connectivity index (χ0) is 18.8. The van der Waals surface area contributed by atoms with Crippen LogP contribution in [-0.4, -0.2) is 30.1 Å². The van der Waals surface area contributed by atoms with E-state index in [1.807, 2.05) is 19.1 Å². The number of fused-ring (bicyclic) bond motifs is 1. The van der Waals surface area contributed by atoms with E-state index in [2.05, 4.69) is 20.4 Å². The van der Waals surface area contributed by atoms with Crippen LogP contribution in [0.3, 0.4) is 0 Å². The van der Waals surface area contributed by atoms with Gasteiger partial charge in [-0.25, -0.2) is 14.6 Å². The second-order valence-corrected chi connectivity index (χ2v) is 5.98. The fourth-order valence-corrected chi connectivity index (χ4v) is 2.84. The Labute approximate surface area is 154 Å². The van der Waals surface area contributed by atoms with Crippen LogP contribution in [0.4, 0.5) is 0 Å². The standard InChI is InChI=1S/C19H16N6O2/c1-13-5-3-9-24-16(13)21-12-15(19(24)27)18(26)22-11-14-6-2-7-20-17(14)25-10-4-8-23-25/h2-10,12H,11H2,1H3,(H,22,26). The van der Waals surface area contributed by atoms with Gasteiger partial charge < -0.3 is 5.32 Å². The average Bonchev–Trinajstić information content (AvgIpc) is 3.22. The van der Waals surface area contributed by atoms with Crippen LogP contribution in [-0.2, 0) is 6.54 Å². The van der Waals surface area contributed by atoms with Crippen LogP contribution in [0, 0.1) is 6.92 Å². The van der Waals surface area contributed by atoms with Crippen molar-refractivity contribution in [1.82, 2.24) is 29.5 Å². The molecule has 0 saturated carbocycles. The molecule has 0 aliphatic carbocycles. The summed E-state index contributed by atoms with van der Waals surface area (Å²) in [5.41, 5.74) is 1.76. The number of aryl methyl sites for hydroxylation is 1. The Morgan fingerprint density at radius 2 is 2.00 bits per heavy atom.